The molecule has 0 heterocycles. The highest BCUT2D eigenvalue weighted by Gasteiger charge is 2.28. The standard InChI is InChI=1S/C15H16F3NO3S/c1-19-22-13(4-2-3-9-20)11-21-10-12-5-7-14(8-6-12)23-15(16,17)18/h4-9H,1-3,10-11H2/b13-4-. The number of rotatable bonds is 10. The lowest BCUT2D eigenvalue weighted by Gasteiger charge is -2.08. The van der Waals surface area contributed by atoms with E-state index in [1.165, 1.54) is 12.1 Å². The van der Waals surface area contributed by atoms with Crippen LogP contribution in [-0.2, 0) is 21.0 Å². The molecule has 0 saturated heterocycles. The van der Waals surface area contributed by atoms with Crippen molar-refractivity contribution in [1.29, 1.82) is 0 Å². The Bertz CT molecular complexity index is 530. The second-order valence-corrected chi connectivity index (χ2v) is 5.46. The molecule has 0 amide bonds. The molecule has 1 rings (SSSR count). The molecular formula is C15H16F3NO3S. The Balaban J connectivity index is 2.45. The highest BCUT2D eigenvalue weighted by Crippen LogP contribution is 2.36. The fourth-order valence-electron chi connectivity index (χ4n) is 1.57. The summed E-state index contributed by atoms with van der Waals surface area (Å²) in [6, 6.07) is 5.91. The number of aldehydes is 1. The monoisotopic (exact) mass is 347 g/mol. The number of carbonyl (C=O) groups excluding carboxylic acids is 1. The van der Waals surface area contributed by atoms with Crippen molar-refractivity contribution in [3.05, 3.63) is 41.7 Å². The average molecular weight is 347 g/mol. The molecule has 0 aliphatic rings. The van der Waals surface area contributed by atoms with Crippen LogP contribution in [0.1, 0.15) is 18.4 Å². The number of carbonyl (C=O) groups is 1. The topological polar surface area (TPSA) is 47.9 Å². The van der Waals surface area contributed by atoms with E-state index in [0.717, 1.165) is 11.8 Å². The van der Waals surface area contributed by atoms with Crippen molar-refractivity contribution in [2.24, 2.45) is 5.16 Å². The maximum absolute atomic E-state index is 12.2. The number of thioether (sulfide) groups is 1. The third-order valence-electron chi connectivity index (χ3n) is 2.51. The lowest BCUT2D eigenvalue weighted by molar-refractivity contribution is -0.107. The van der Waals surface area contributed by atoms with Crippen molar-refractivity contribution in [1.82, 2.24) is 0 Å². The van der Waals surface area contributed by atoms with E-state index in [-0.39, 0.29) is 29.9 Å². The van der Waals surface area contributed by atoms with Crippen molar-refractivity contribution in [3.63, 3.8) is 0 Å². The number of nitrogens with zero attached hydrogens (tertiary/aromatic N) is 1. The maximum atomic E-state index is 12.2. The van der Waals surface area contributed by atoms with Crippen molar-refractivity contribution < 1.29 is 27.5 Å². The number of ether oxygens (including phenoxy) is 1. The average Bonchev–Trinajstić information content (AvgIpc) is 2.48. The van der Waals surface area contributed by atoms with Gasteiger partial charge >= 0.3 is 5.51 Å². The molecule has 0 spiro atoms. The minimum absolute atomic E-state index is 0.120. The van der Waals surface area contributed by atoms with Crippen LogP contribution in [0.2, 0.25) is 0 Å². The Morgan fingerprint density at radius 3 is 2.52 bits per heavy atom. The van der Waals surface area contributed by atoms with E-state index >= 15 is 0 Å². The SMILES string of the molecule is C=NO/C(=C\CCC=O)COCc1ccc(SC(F)(F)F)cc1. The van der Waals surface area contributed by atoms with Crippen LogP contribution in [0.3, 0.4) is 0 Å². The van der Waals surface area contributed by atoms with Gasteiger partial charge in [0.2, 0.25) is 0 Å². The van der Waals surface area contributed by atoms with Crippen LogP contribution in [-0.4, -0.2) is 25.1 Å². The fourth-order valence-corrected chi connectivity index (χ4v) is 2.11. The van der Waals surface area contributed by atoms with E-state index in [2.05, 4.69) is 11.9 Å². The van der Waals surface area contributed by atoms with Crippen molar-refractivity contribution in [2.45, 2.75) is 29.9 Å². The molecule has 126 valence electrons. The molecule has 0 N–H and O–H groups in total. The molecule has 0 radical (unpaired) electrons. The smallest absolute Gasteiger partial charge is 0.369 e. The molecular weight excluding hydrogens is 331 g/mol. The summed E-state index contributed by atoms with van der Waals surface area (Å²) in [5.74, 6) is 0.422. The molecule has 4 nitrogen and oxygen atoms in total. The van der Waals surface area contributed by atoms with E-state index < -0.39 is 5.51 Å². The molecule has 0 unspecified atom stereocenters. The summed E-state index contributed by atoms with van der Waals surface area (Å²) >= 11 is -0.162. The number of hydrogen-bond donors (Lipinski definition) is 0. The van der Waals surface area contributed by atoms with Gasteiger partial charge < -0.3 is 14.4 Å². The summed E-state index contributed by atoms with van der Waals surface area (Å²) in [5, 5.41) is 3.29. The lowest BCUT2D eigenvalue weighted by Crippen LogP contribution is -2.01. The van der Waals surface area contributed by atoms with E-state index in [0.29, 0.717) is 18.6 Å². The van der Waals surface area contributed by atoms with Gasteiger partial charge in [-0.3, -0.25) is 0 Å². The Kier molecular flexibility index (Phi) is 8.42. The Morgan fingerprint density at radius 2 is 1.96 bits per heavy atom. The predicted molar refractivity (Wildman–Crippen MR) is 82.0 cm³/mol. The van der Waals surface area contributed by atoms with Gasteiger partial charge in [0.25, 0.3) is 0 Å². The van der Waals surface area contributed by atoms with Crippen LogP contribution in [0.15, 0.2) is 46.2 Å². The zero-order chi connectivity index (χ0) is 17.1. The first kappa shape index (κ1) is 19.2. The highest BCUT2D eigenvalue weighted by molar-refractivity contribution is 8.00. The highest BCUT2D eigenvalue weighted by atomic mass is 32.2. The second kappa shape index (κ2) is 10.1. The molecule has 0 aliphatic carbocycles. The quantitative estimate of drug-likeness (QED) is 0.158. The van der Waals surface area contributed by atoms with Crippen molar-refractivity contribution in [3.8, 4) is 0 Å². The summed E-state index contributed by atoms with van der Waals surface area (Å²) in [7, 11) is 0. The minimum Gasteiger partial charge on any atom is -0.369 e. The van der Waals surface area contributed by atoms with Crippen LogP contribution < -0.4 is 0 Å². The number of allylic oxidation sites excluding steroid dienone is 1. The van der Waals surface area contributed by atoms with E-state index in [9.17, 15) is 18.0 Å². The lowest BCUT2D eigenvalue weighted by atomic mass is 10.2. The molecule has 8 heteroatoms. The first-order valence-electron chi connectivity index (χ1n) is 6.62. The number of benzene rings is 1. The van der Waals surface area contributed by atoms with E-state index in [4.69, 9.17) is 9.57 Å². The number of hydrogen-bond acceptors (Lipinski definition) is 5. The van der Waals surface area contributed by atoms with Crippen LogP contribution in [0, 0.1) is 0 Å². The normalized spacial score (nSPS) is 12.0. The number of alkyl halides is 3. The largest absolute Gasteiger partial charge is 0.446 e. The summed E-state index contributed by atoms with van der Waals surface area (Å²) in [6.07, 6.45) is 3.33. The van der Waals surface area contributed by atoms with Crippen LogP contribution >= 0.6 is 11.8 Å². The van der Waals surface area contributed by atoms with Gasteiger partial charge in [-0.15, -0.1) is 0 Å². The molecule has 0 atom stereocenters. The molecule has 0 bridgehead atoms. The first-order valence-corrected chi connectivity index (χ1v) is 7.44. The predicted octanol–water partition coefficient (Wildman–Crippen LogP) is 4.31. The van der Waals surface area contributed by atoms with Gasteiger partial charge in [-0.05, 0) is 42.0 Å². The molecule has 0 fully saturated rings. The van der Waals surface area contributed by atoms with Crippen molar-refractivity contribution in [2.75, 3.05) is 6.61 Å². The van der Waals surface area contributed by atoms with Gasteiger partial charge in [0.1, 0.15) is 12.9 Å². The molecule has 1 aromatic rings. The number of halogens is 3. The van der Waals surface area contributed by atoms with Crippen LogP contribution in [0.25, 0.3) is 0 Å². The second-order valence-electron chi connectivity index (χ2n) is 4.32. The number of oxime groups is 1. The van der Waals surface area contributed by atoms with Gasteiger partial charge in [-0.2, -0.15) is 13.2 Å². The molecule has 0 aromatic heterocycles. The molecule has 23 heavy (non-hydrogen) atoms. The van der Waals surface area contributed by atoms with Crippen LogP contribution in [0.5, 0.6) is 0 Å². The first-order chi connectivity index (χ1) is 10.9. The zero-order valence-corrected chi connectivity index (χ0v) is 13.0. The Morgan fingerprint density at radius 1 is 1.26 bits per heavy atom. The van der Waals surface area contributed by atoms with Gasteiger partial charge in [0, 0.05) is 18.0 Å². The fraction of sp³-hybridized carbons (Fsp3) is 0.333. The summed E-state index contributed by atoms with van der Waals surface area (Å²) < 4.78 is 42.1. The molecule has 0 aliphatic heterocycles. The third-order valence-corrected chi connectivity index (χ3v) is 3.25. The maximum Gasteiger partial charge on any atom is 0.446 e. The van der Waals surface area contributed by atoms with E-state index in [1.807, 2.05) is 0 Å². The van der Waals surface area contributed by atoms with E-state index in [1.54, 1.807) is 18.2 Å². The molecule has 0 saturated carbocycles. The van der Waals surface area contributed by atoms with Gasteiger partial charge in [0.05, 0.1) is 6.61 Å². The minimum atomic E-state index is -4.30. The zero-order valence-electron chi connectivity index (χ0n) is 12.2. The number of unbranched alkanes of at least 4 members (excludes halogenated alkanes) is 1. The van der Waals surface area contributed by atoms with Gasteiger partial charge in [-0.1, -0.05) is 17.3 Å². The summed E-state index contributed by atoms with van der Waals surface area (Å²) in [6.45, 7) is 3.53. The van der Waals surface area contributed by atoms with Crippen molar-refractivity contribution >= 4 is 24.8 Å². The Labute approximate surface area is 136 Å². The Hall–Kier alpha value is -1.80. The van der Waals surface area contributed by atoms with Gasteiger partial charge in [0.15, 0.2) is 5.76 Å². The molecule has 1 aromatic carbocycles. The van der Waals surface area contributed by atoms with Crippen LogP contribution in [0.4, 0.5) is 13.2 Å². The summed E-state index contributed by atoms with van der Waals surface area (Å²) in [5.41, 5.74) is -3.57. The summed E-state index contributed by atoms with van der Waals surface area (Å²) in [4.78, 5) is 15.3. The third kappa shape index (κ3) is 9.04. The van der Waals surface area contributed by atoms with Gasteiger partial charge in [-0.25, -0.2) is 0 Å².